The van der Waals surface area contributed by atoms with Gasteiger partial charge in [-0.05, 0) is 42.9 Å². The van der Waals surface area contributed by atoms with E-state index < -0.39 is 0 Å². The Morgan fingerprint density at radius 3 is 2.61 bits per heavy atom. The van der Waals surface area contributed by atoms with Crippen LogP contribution in [0.2, 0.25) is 0 Å². The number of halogens is 2. The van der Waals surface area contributed by atoms with Crippen molar-refractivity contribution in [2.24, 2.45) is 5.92 Å². The molecule has 1 aromatic rings. The van der Waals surface area contributed by atoms with Crippen molar-refractivity contribution < 1.29 is 0 Å². The van der Waals surface area contributed by atoms with E-state index >= 15 is 0 Å². The summed E-state index contributed by atoms with van der Waals surface area (Å²) >= 11 is 7.33. The molecule has 2 rings (SSSR count). The number of benzene rings is 1. The molecule has 98 valence electrons. The summed E-state index contributed by atoms with van der Waals surface area (Å²) in [5.74, 6) is 0.784. The smallest absolute Gasteiger partial charge is 0.0250 e. The highest BCUT2D eigenvalue weighted by Gasteiger charge is 2.17. The van der Waals surface area contributed by atoms with Gasteiger partial charge in [-0.1, -0.05) is 74.9 Å². The Bertz CT molecular complexity index is 429. The third kappa shape index (κ3) is 3.71. The van der Waals surface area contributed by atoms with Crippen LogP contribution < -0.4 is 0 Å². The van der Waals surface area contributed by atoms with E-state index in [9.17, 15) is 0 Å². The van der Waals surface area contributed by atoms with Crippen molar-refractivity contribution in [2.75, 3.05) is 5.33 Å². The van der Waals surface area contributed by atoms with Gasteiger partial charge in [-0.2, -0.15) is 0 Å². The first-order chi connectivity index (χ1) is 8.70. The molecule has 18 heavy (non-hydrogen) atoms. The number of allylic oxidation sites excluding steroid dienone is 1. The molecular weight excluding hydrogens is 352 g/mol. The van der Waals surface area contributed by atoms with Crippen LogP contribution in [0.15, 0.2) is 28.2 Å². The number of hydrogen-bond donors (Lipinski definition) is 0. The summed E-state index contributed by atoms with van der Waals surface area (Å²) in [7, 11) is 0. The molecule has 1 aliphatic carbocycles. The van der Waals surface area contributed by atoms with Crippen molar-refractivity contribution in [2.45, 2.75) is 39.0 Å². The van der Waals surface area contributed by atoms with E-state index in [0.717, 1.165) is 11.2 Å². The zero-order chi connectivity index (χ0) is 13.0. The average molecular weight is 372 g/mol. The predicted octanol–water partition coefficient (Wildman–Crippen LogP) is 6.12. The SMILES string of the molecule is Cc1ccc(/C=C(/CBr)C2CCCCC2)c(Br)c1. The van der Waals surface area contributed by atoms with E-state index in [1.807, 2.05) is 0 Å². The van der Waals surface area contributed by atoms with Crippen molar-refractivity contribution >= 4 is 37.9 Å². The lowest BCUT2D eigenvalue weighted by atomic mass is 9.84. The predicted molar refractivity (Wildman–Crippen MR) is 87.2 cm³/mol. The summed E-state index contributed by atoms with van der Waals surface area (Å²) in [6.07, 6.45) is 9.30. The zero-order valence-corrected chi connectivity index (χ0v) is 14.1. The maximum Gasteiger partial charge on any atom is 0.0250 e. The normalized spacial score (nSPS) is 18.1. The minimum atomic E-state index is 0.784. The fourth-order valence-corrected chi connectivity index (χ4v) is 3.92. The summed E-state index contributed by atoms with van der Waals surface area (Å²) in [5.41, 5.74) is 4.16. The van der Waals surface area contributed by atoms with E-state index in [1.54, 1.807) is 5.57 Å². The lowest BCUT2D eigenvalue weighted by molar-refractivity contribution is 0.405. The van der Waals surface area contributed by atoms with Crippen LogP contribution in [0.25, 0.3) is 6.08 Å². The van der Waals surface area contributed by atoms with Gasteiger partial charge in [-0.3, -0.25) is 0 Å². The van der Waals surface area contributed by atoms with Crippen LogP contribution in [0.1, 0.15) is 43.2 Å². The van der Waals surface area contributed by atoms with Crippen LogP contribution in [-0.2, 0) is 0 Å². The van der Waals surface area contributed by atoms with Gasteiger partial charge in [0.2, 0.25) is 0 Å². The first kappa shape index (κ1) is 14.3. The van der Waals surface area contributed by atoms with Gasteiger partial charge in [0.05, 0.1) is 0 Å². The van der Waals surface area contributed by atoms with Crippen molar-refractivity contribution in [3.05, 3.63) is 39.4 Å². The first-order valence-electron chi connectivity index (χ1n) is 6.73. The highest BCUT2D eigenvalue weighted by atomic mass is 79.9. The average Bonchev–Trinajstić information content (AvgIpc) is 2.39. The van der Waals surface area contributed by atoms with Gasteiger partial charge in [0.1, 0.15) is 0 Å². The fraction of sp³-hybridized carbons (Fsp3) is 0.500. The molecule has 0 atom stereocenters. The minimum Gasteiger partial charge on any atom is -0.0880 e. The topological polar surface area (TPSA) is 0 Å². The maximum atomic E-state index is 3.67. The Morgan fingerprint density at radius 2 is 2.00 bits per heavy atom. The molecule has 0 saturated heterocycles. The standard InChI is InChI=1S/C16H20Br2/c1-12-7-8-14(16(18)9-12)10-15(11-17)13-5-3-2-4-6-13/h7-10,13H,2-6,11H2,1H3/b15-10-. The molecule has 0 unspecified atom stereocenters. The molecule has 0 N–H and O–H groups in total. The highest BCUT2D eigenvalue weighted by Crippen LogP contribution is 2.32. The quantitative estimate of drug-likeness (QED) is 0.561. The Labute approximate surface area is 127 Å². The number of hydrogen-bond acceptors (Lipinski definition) is 0. The van der Waals surface area contributed by atoms with E-state index in [0.29, 0.717) is 0 Å². The molecule has 0 heterocycles. The zero-order valence-electron chi connectivity index (χ0n) is 10.9. The Balaban J connectivity index is 2.22. The summed E-state index contributed by atoms with van der Waals surface area (Å²) in [6, 6.07) is 6.59. The second-order valence-electron chi connectivity index (χ2n) is 5.21. The van der Waals surface area contributed by atoms with Crippen molar-refractivity contribution in [1.82, 2.24) is 0 Å². The fourth-order valence-electron chi connectivity index (χ4n) is 2.69. The number of alkyl halides is 1. The van der Waals surface area contributed by atoms with Crippen LogP contribution in [0.5, 0.6) is 0 Å². The number of rotatable bonds is 3. The third-order valence-corrected chi connectivity index (χ3v) is 5.11. The van der Waals surface area contributed by atoms with Crippen LogP contribution in [-0.4, -0.2) is 5.33 Å². The minimum absolute atomic E-state index is 0.784. The Morgan fingerprint density at radius 1 is 1.28 bits per heavy atom. The van der Waals surface area contributed by atoms with Gasteiger partial charge in [0.15, 0.2) is 0 Å². The van der Waals surface area contributed by atoms with Crippen molar-refractivity contribution in [3.63, 3.8) is 0 Å². The summed E-state index contributed by atoms with van der Waals surface area (Å²) in [6.45, 7) is 2.13. The molecule has 0 aliphatic heterocycles. The monoisotopic (exact) mass is 370 g/mol. The second kappa shape index (κ2) is 6.91. The summed E-state index contributed by atoms with van der Waals surface area (Å²) < 4.78 is 1.21. The van der Waals surface area contributed by atoms with Crippen LogP contribution in [0.4, 0.5) is 0 Å². The molecule has 0 amide bonds. The molecule has 0 radical (unpaired) electrons. The van der Waals surface area contributed by atoms with E-state index in [2.05, 4.69) is 63.1 Å². The third-order valence-electron chi connectivity index (χ3n) is 3.78. The largest absolute Gasteiger partial charge is 0.0880 e. The van der Waals surface area contributed by atoms with Crippen LogP contribution in [0.3, 0.4) is 0 Å². The molecule has 0 bridgehead atoms. The lowest BCUT2D eigenvalue weighted by Crippen LogP contribution is -2.10. The van der Waals surface area contributed by atoms with Crippen LogP contribution in [0, 0.1) is 12.8 Å². The van der Waals surface area contributed by atoms with Crippen molar-refractivity contribution in [3.8, 4) is 0 Å². The molecule has 0 aromatic heterocycles. The Hall–Kier alpha value is -0.0800. The summed E-state index contributed by atoms with van der Waals surface area (Å²) in [4.78, 5) is 0. The van der Waals surface area contributed by atoms with Crippen LogP contribution >= 0.6 is 31.9 Å². The van der Waals surface area contributed by atoms with Gasteiger partial charge >= 0.3 is 0 Å². The van der Waals surface area contributed by atoms with Gasteiger partial charge in [-0.15, -0.1) is 0 Å². The van der Waals surface area contributed by atoms with E-state index in [4.69, 9.17) is 0 Å². The highest BCUT2D eigenvalue weighted by molar-refractivity contribution is 9.10. The molecule has 1 saturated carbocycles. The maximum absolute atomic E-state index is 3.67. The lowest BCUT2D eigenvalue weighted by Gasteiger charge is -2.23. The molecule has 1 aliphatic rings. The molecule has 1 fully saturated rings. The van der Waals surface area contributed by atoms with E-state index in [1.165, 1.54) is 47.7 Å². The molecular formula is C16H20Br2. The number of aryl methyl sites for hydroxylation is 1. The van der Waals surface area contributed by atoms with Crippen molar-refractivity contribution in [1.29, 1.82) is 0 Å². The Kier molecular flexibility index (Phi) is 5.50. The van der Waals surface area contributed by atoms with Gasteiger partial charge in [0.25, 0.3) is 0 Å². The second-order valence-corrected chi connectivity index (χ2v) is 6.63. The van der Waals surface area contributed by atoms with Gasteiger partial charge in [-0.25, -0.2) is 0 Å². The molecule has 1 aromatic carbocycles. The van der Waals surface area contributed by atoms with Gasteiger partial charge < -0.3 is 0 Å². The molecule has 0 nitrogen and oxygen atoms in total. The van der Waals surface area contributed by atoms with Gasteiger partial charge in [0, 0.05) is 9.80 Å². The molecule has 2 heteroatoms. The first-order valence-corrected chi connectivity index (χ1v) is 8.64. The molecule has 0 spiro atoms. The summed E-state index contributed by atoms with van der Waals surface area (Å²) in [5, 5.41) is 0.998. The van der Waals surface area contributed by atoms with E-state index in [-0.39, 0.29) is 0 Å².